The normalized spacial score (nSPS) is 14.2. The van der Waals surface area contributed by atoms with Crippen LogP contribution in [0.2, 0.25) is 0 Å². The molecule has 2 heterocycles. The van der Waals surface area contributed by atoms with Crippen LogP contribution in [0.15, 0.2) is 36.4 Å². The van der Waals surface area contributed by atoms with E-state index in [2.05, 4.69) is 24.3 Å². The number of aryl methyl sites for hydroxylation is 1. The molecule has 1 saturated heterocycles. The fourth-order valence-corrected chi connectivity index (χ4v) is 4.56. The standard InChI is InChI=1S/C19H21N3O4S2/c1-14-2-4-15(5-3-14)12-27-13-17(23)20-8-10-21(11-9-20)19(24)16-6-7-18(28-16)22(25)26/h2-7H,8-13H2,1H3. The van der Waals surface area contributed by atoms with Crippen LogP contribution in [0.25, 0.3) is 0 Å². The topological polar surface area (TPSA) is 83.8 Å². The number of amides is 2. The van der Waals surface area contributed by atoms with Gasteiger partial charge < -0.3 is 9.80 Å². The van der Waals surface area contributed by atoms with Crippen LogP contribution < -0.4 is 0 Å². The van der Waals surface area contributed by atoms with Crippen molar-refractivity contribution in [3.8, 4) is 0 Å². The van der Waals surface area contributed by atoms with Gasteiger partial charge in [-0.2, -0.15) is 0 Å². The predicted octanol–water partition coefficient (Wildman–Crippen LogP) is 3.18. The SMILES string of the molecule is Cc1ccc(CSCC(=O)N2CCN(C(=O)c3ccc([N+](=O)[O-])s3)CC2)cc1. The monoisotopic (exact) mass is 419 g/mol. The summed E-state index contributed by atoms with van der Waals surface area (Å²) in [5.74, 6) is 1.08. The Morgan fingerprint density at radius 1 is 1.07 bits per heavy atom. The van der Waals surface area contributed by atoms with Gasteiger partial charge in [0.25, 0.3) is 5.91 Å². The fraction of sp³-hybridized carbons (Fsp3) is 0.368. The molecule has 2 amide bonds. The molecule has 1 fully saturated rings. The zero-order valence-corrected chi connectivity index (χ0v) is 17.1. The number of thioether (sulfide) groups is 1. The van der Waals surface area contributed by atoms with Crippen molar-refractivity contribution in [3.05, 3.63) is 62.5 Å². The lowest BCUT2D eigenvalue weighted by Crippen LogP contribution is -2.51. The van der Waals surface area contributed by atoms with Crippen LogP contribution in [0.5, 0.6) is 0 Å². The molecule has 1 aliphatic rings. The summed E-state index contributed by atoms with van der Waals surface area (Å²) >= 11 is 2.47. The van der Waals surface area contributed by atoms with Gasteiger partial charge in [0.2, 0.25) is 5.91 Å². The predicted molar refractivity (Wildman–Crippen MR) is 111 cm³/mol. The van der Waals surface area contributed by atoms with E-state index in [0.717, 1.165) is 17.1 Å². The number of rotatable bonds is 6. The molecule has 7 nitrogen and oxygen atoms in total. The van der Waals surface area contributed by atoms with E-state index in [1.165, 1.54) is 23.3 Å². The third-order valence-corrected chi connectivity index (χ3v) is 6.53. The summed E-state index contributed by atoms with van der Waals surface area (Å²) in [5.41, 5.74) is 2.42. The van der Waals surface area contributed by atoms with Gasteiger partial charge in [0.15, 0.2) is 0 Å². The maximum Gasteiger partial charge on any atom is 0.324 e. The summed E-state index contributed by atoms with van der Waals surface area (Å²) in [6.45, 7) is 3.91. The Hall–Kier alpha value is -2.39. The molecule has 0 unspecified atom stereocenters. The van der Waals surface area contributed by atoms with Crippen LogP contribution in [0.3, 0.4) is 0 Å². The summed E-state index contributed by atoms with van der Waals surface area (Å²) in [6, 6.07) is 11.1. The minimum Gasteiger partial charge on any atom is -0.338 e. The molecule has 0 aliphatic carbocycles. The van der Waals surface area contributed by atoms with Crippen LogP contribution in [0, 0.1) is 17.0 Å². The van der Waals surface area contributed by atoms with Gasteiger partial charge >= 0.3 is 5.00 Å². The number of hydrogen-bond donors (Lipinski definition) is 0. The first-order valence-electron chi connectivity index (χ1n) is 8.88. The number of carbonyl (C=O) groups excluding carboxylic acids is 2. The lowest BCUT2D eigenvalue weighted by atomic mass is 10.2. The quantitative estimate of drug-likeness (QED) is 0.530. The van der Waals surface area contributed by atoms with Gasteiger partial charge in [-0.05, 0) is 18.6 Å². The maximum atomic E-state index is 12.5. The number of piperazine rings is 1. The van der Waals surface area contributed by atoms with E-state index in [9.17, 15) is 19.7 Å². The first-order chi connectivity index (χ1) is 13.4. The molecule has 0 bridgehead atoms. The van der Waals surface area contributed by atoms with E-state index in [0.29, 0.717) is 36.8 Å². The summed E-state index contributed by atoms with van der Waals surface area (Å²) in [5, 5.41) is 10.7. The second-order valence-corrected chi connectivity index (χ2v) is 8.59. The molecule has 9 heteroatoms. The molecule has 1 aliphatic heterocycles. The van der Waals surface area contributed by atoms with Crippen LogP contribution in [0.4, 0.5) is 5.00 Å². The van der Waals surface area contributed by atoms with Gasteiger partial charge in [0.1, 0.15) is 0 Å². The molecule has 2 aromatic rings. The van der Waals surface area contributed by atoms with Crippen molar-refractivity contribution in [1.29, 1.82) is 0 Å². The average molecular weight is 420 g/mol. The summed E-state index contributed by atoms with van der Waals surface area (Å²) in [7, 11) is 0. The third kappa shape index (κ3) is 5.11. The fourth-order valence-electron chi connectivity index (χ4n) is 2.89. The minimum atomic E-state index is -0.494. The number of benzene rings is 1. The molecule has 0 saturated carbocycles. The van der Waals surface area contributed by atoms with Crippen LogP contribution in [-0.2, 0) is 10.5 Å². The van der Waals surface area contributed by atoms with E-state index in [1.807, 2.05) is 6.92 Å². The van der Waals surface area contributed by atoms with E-state index < -0.39 is 4.92 Å². The van der Waals surface area contributed by atoms with E-state index in [1.54, 1.807) is 21.6 Å². The van der Waals surface area contributed by atoms with Crippen LogP contribution in [0.1, 0.15) is 20.8 Å². The maximum absolute atomic E-state index is 12.5. The lowest BCUT2D eigenvalue weighted by molar-refractivity contribution is -0.380. The lowest BCUT2D eigenvalue weighted by Gasteiger charge is -2.34. The molecule has 0 spiro atoms. The minimum absolute atomic E-state index is 0.0391. The number of thiophene rings is 1. The summed E-state index contributed by atoms with van der Waals surface area (Å²) in [6.07, 6.45) is 0. The molecule has 148 valence electrons. The van der Waals surface area contributed by atoms with Crippen molar-refractivity contribution in [2.45, 2.75) is 12.7 Å². The highest BCUT2D eigenvalue weighted by molar-refractivity contribution is 7.99. The first-order valence-corrected chi connectivity index (χ1v) is 10.9. The molecule has 3 rings (SSSR count). The van der Waals surface area contributed by atoms with Gasteiger partial charge in [-0.3, -0.25) is 19.7 Å². The second kappa shape index (κ2) is 9.20. The van der Waals surface area contributed by atoms with E-state index in [-0.39, 0.29) is 16.8 Å². The molecular formula is C19H21N3O4S2. The van der Waals surface area contributed by atoms with Gasteiger partial charge in [-0.15, -0.1) is 11.8 Å². The van der Waals surface area contributed by atoms with Crippen molar-refractivity contribution >= 4 is 39.9 Å². The molecule has 1 aromatic heterocycles. The van der Waals surface area contributed by atoms with E-state index >= 15 is 0 Å². The second-order valence-electron chi connectivity index (χ2n) is 6.55. The van der Waals surface area contributed by atoms with Gasteiger partial charge in [0, 0.05) is 38.0 Å². The molecule has 0 atom stereocenters. The Bertz CT molecular complexity index is 858. The Labute approximate surface area is 171 Å². The first kappa shape index (κ1) is 20.3. The summed E-state index contributed by atoms with van der Waals surface area (Å²) in [4.78, 5) is 38.9. The molecule has 28 heavy (non-hydrogen) atoms. The van der Waals surface area contributed by atoms with Crippen molar-refractivity contribution < 1.29 is 14.5 Å². The Morgan fingerprint density at radius 3 is 2.32 bits per heavy atom. The highest BCUT2D eigenvalue weighted by atomic mass is 32.2. The molecule has 0 radical (unpaired) electrons. The number of hydrogen-bond acceptors (Lipinski definition) is 6. The number of carbonyl (C=O) groups is 2. The molecule has 1 aromatic carbocycles. The highest BCUT2D eigenvalue weighted by Gasteiger charge is 2.26. The Balaban J connectivity index is 1.43. The van der Waals surface area contributed by atoms with Crippen molar-refractivity contribution in [1.82, 2.24) is 9.80 Å². The van der Waals surface area contributed by atoms with Gasteiger partial charge in [-0.25, -0.2) is 0 Å². The van der Waals surface area contributed by atoms with Crippen molar-refractivity contribution in [2.24, 2.45) is 0 Å². The number of nitro groups is 1. The average Bonchev–Trinajstić information content (AvgIpc) is 3.19. The largest absolute Gasteiger partial charge is 0.338 e. The smallest absolute Gasteiger partial charge is 0.324 e. The van der Waals surface area contributed by atoms with Crippen LogP contribution >= 0.6 is 23.1 Å². The molecular weight excluding hydrogens is 398 g/mol. The third-order valence-electron chi connectivity index (χ3n) is 4.52. The van der Waals surface area contributed by atoms with Gasteiger partial charge in [0.05, 0.1) is 15.6 Å². The van der Waals surface area contributed by atoms with Gasteiger partial charge in [-0.1, -0.05) is 41.2 Å². The highest BCUT2D eigenvalue weighted by Crippen LogP contribution is 2.25. The summed E-state index contributed by atoms with van der Waals surface area (Å²) < 4.78 is 0. The van der Waals surface area contributed by atoms with Crippen LogP contribution in [-0.4, -0.2) is 58.5 Å². The Kier molecular flexibility index (Phi) is 6.69. The number of nitrogens with zero attached hydrogens (tertiary/aromatic N) is 3. The molecule has 0 N–H and O–H groups in total. The van der Waals surface area contributed by atoms with Crippen molar-refractivity contribution in [2.75, 3.05) is 31.9 Å². The Morgan fingerprint density at radius 2 is 1.71 bits per heavy atom. The van der Waals surface area contributed by atoms with E-state index in [4.69, 9.17) is 0 Å². The zero-order chi connectivity index (χ0) is 20.1. The zero-order valence-electron chi connectivity index (χ0n) is 15.5. The van der Waals surface area contributed by atoms with Crippen molar-refractivity contribution in [3.63, 3.8) is 0 Å².